The van der Waals surface area contributed by atoms with Crippen molar-refractivity contribution in [3.05, 3.63) is 145 Å². The summed E-state index contributed by atoms with van der Waals surface area (Å²) in [4.78, 5) is 17.8. The van der Waals surface area contributed by atoms with Crippen molar-refractivity contribution in [1.82, 2.24) is 24.5 Å². The van der Waals surface area contributed by atoms with Crippen molar-refractivity contribution in [3.63, 3.8) is 0 Å². The molecule has 0 fully saturated rings. The second-order valence-electron chi connectivity index (χ2n) is 12.2. The molecule has 0 atom stereocenters. The van der Waals surface area contributed by atoms with Crippen LogP contribution in [0, 0.1) is 6.92 Å². The first-order valence-electron chi connectivity index (χ1n) is 15.9. The van der Waals surface area contributed by atoms with E-state index in [0.717, 1.165) is 50.0 Å². The van der Waals surface area contributed by atoms with Gasteiger partial charge in [0.25, 0.3) is 0 Å². The zero-order chi connectivity index (χ0) is 31.1. The number of nitrogens with one attached hydrogen (secondary N) is 1. The Morgan fingerprint density at radius 3 is 1.85 bits per heavy atom. The molecule has 0 aliphatic heterocycles. The van der Waals surface area contributed by atoms with Crippen LogP contribution in [0.3, 0.4) is 0 Å². The van der Waals surface area contributed by atoms with Crippen molar-refractivity contribution in [2.24, 2.45) is 0 Å². The molecule has 5 aromatic heterocycles. The van der Waals surface area contributed by atoms with E-state index in [0.29, 0.717) is 0 Å². The molecule has 1 N–H and O–H groups in total. The number of hydrogen-bond acceptors (Lipinski definition) is 3. The smallest absolute Gasteiger partial charge is 0.146 e. The zero-order valence-corrected chi connectivity index (χ0v) is 25.6. The Bertz CT molecular complexity index is 2800. The van der Waals surface area contributed by atoms with Crippen molar-refractivity contribution < 1.29 is 0 Å². The average molecular weight is 602 g/mol. The summed E-state index contributed by atoms with van der Waals surface area (Å²) in [5.41, 5.74) is 9.87. The number of nitrogens with zero attached hydrogens (tertiary/aromatic N) is 4. The van der Waals surface area contributed by atoms with Gasteiger partial charge in [0.15, 0.2) is 0 Å². The highest BCUT2D eigenvalue weighted by atomic mass is 15.1. The first-order chi connectivity index (χ1) is 23.2. The lowest BCUT2D eigenvalue weighted by molar-refractivity contribution is 1.06. The van der Waals surface area contributed by atoms with Gasteiger partial charge in [0.1, 0.15) is 17.1 Å². The molecule has 0 saturated heterocycles. The monoisotopic (exact) mass is 601 g/mol. The van der Waals surface area contributed by atoms with Crippen molar-refractivity contribution in [3.8, 4) is 28.1 Å². The van der Waals surface area contributed by atoms with Crippen LogP contribution in [0.2, 0.25) is 0 Å². The Labute approximate surface area is 269 Å². The van der Waals surface area contributed by atoms with Crippen molar-refractivity contribution in [2.45, 2.75) is 6.92 Å². The minimum Gasteiger partial charge on any atom is -0.339 e. The zero-order valence-electron chi connectivity index (χ0n) is 25.6. The summed E-state index contributed by atoms with van der Waals surface area (Å²) >= 11 is 0. The topological polar surface area (TPSA) is 59.4 Å². The third-order valence-electron chi connectivity index (χ3n) is 9.51. The quantitative estimate of drug-likeness (QED) is 0.205. The predicted molar refractivity (Wildman–Crippen MR) is 194 cm³/mol. The summed E-state index contributed by atoms with van der Waals surface area (Å²) in [5, 5.41) is 9.50. The summed E-state index contributed by atoms with van der Waals surface area (Å²) in [6.07, 6.45) is 3.69. The number of aromatic amines is 1. The predicted octanol–water partition coefficient (Wildman–Crippen LogP) is 10.6. The van der Waals surface area contributed by atoms with Gasteiger partial charge in [-0.05, 0) is 111 Å². The summed E-state index contributed by atoms with van der Waals surface area (Å²) in [6, 6.07) is 45.6. The number of aryl methyl sites for hydroxylation is 1. The van der Waals surface area contributed by atoms with Gasteiger partial charge in [0.05, 0.1) is 5.52 Å². The van der Waals surface area contributed by atoms with Gasteiger partial charge < -0.3 is 4.98 Å². The third kappa shape index (κ3) is 3.80. The molecule has 0 radical (unpaired) electrons. The van der Waals surface area contributed by atoms with Crippen LogP contribution in [0.4, 0.5) is 0 Å². The number of fused-ring (bicyclic) bond motifs is 8. The van der Waals surface area contributed by atoms with Gasteiger partial charge in [-0.3, -0.25) is 4.57 Å². The maximum atomic E-state index is 4.80. The number of pyridine rings is 3. The molecule has 5 aromatic carbocycles. The summed E-state index contributed by atoms with van der Waals surface area (Å²) < 4.78 is 2.16. The molecule has 0 aliphatic rings. The molecular weight excluding hydrogens is 574 g/mol. The molecule has 10 aromatic rings. The standard InChI is InChI=1S/C42H27N5/c1-25-15-18-32-34-23-26(16-19-36(34)46-41(32)45-25)39-28-9-2-4-11-30(28)40(31-12-5-3-10-29(31)39)27-17-20-37-35(24-27)33-13-8-22-44-42(33)47(37)38-14-6-7-21-43-38/h2-24H,1H3,(H,45,46). The van der Waals surface area contributed by atoms with E-state index in [2.05, 4.69) is 118 Å². The SMILES string of the molecule is Cc1ccc2c(n1)[nH]c1ccc(-c3c4ccccc4c(-c4ccc5c(c4)c4cccnc4n5-c4ccccn4)c4ccccc34)cc12. The molecule has 0 bridgehead atoms. The van der Waals surface area contributed by atoms with E-state index < -0.39 is 0 Å². The lowest BCUT2D eigenvalue weighted by atomic mass is 9.85. The van der Waals surface area contributed by atoms with E-state index in [4.69, 9.17) is 9.97 Å². The van der Waals surface area contributed by atoms with E-state index in [-0.39, 0.29) is 0 Å². The minimum atomic E-state index is 0.859. The number of hydrogen-bond donors (Lipinski definition) is 1. The Morgan fingerprint density at radius 1 is 0.511 bits per heavy atom. The minimum absolute atomic E-state index is 0.859. The molecule has 220 valence electrons. The van der Waals surface area contributed by atoms with Crippen molar-refractivity contribution >= 4 is 65.4 Å². The summed E-state index contributed by atoms with van der Waals surface area (Å²) in [6.45, 7) is 2.03. The van der Waals surface area contributed by atoms with Crippen LogP contribution >= 0.6 is 0 Å². The van der Waals surface area contributed by atoms with E-state index in [1.165, 1.54) is 49.2 Å². The van der Waals surface area contributed by atoms with Gasteiger partial charge in [-0.15, -0.1) is 0 Å². The van der Waals surface area contributed by atoms with Gasteiger partial charge in [-0.2, -0.15) is 0 Å². The third-order valence-corrected chi connectivity index (χ3v) is 9.51. The second kappa shape index (κ2) is 9.83. The maximum absolute atomic E-state index is 4.80. The summed E-state index contributed by atoms with van der Waals surface area (Å²) in [7, 11) is 0. The van der Waals surface area contributed by atoms with Gasteiger partial charge >= 0.3 is 0 Å². The number of H-pyrrole nitrogens is 1. The largest absolute Gasteiger partial charge is 0.339 e. The molecule has 47 heavy (non-hydrogen) atoms. The second-order valence-corrected chi connectivity index (χ2v) is 12.2. The fraction of sp³-hybridized carbons (Fsp3) is 0.0238. The highest BCUT2D eigenvalue weighted by Crippen LogP contribution is 2.45. The van der Waals surface area contributed by atoms with Gasteiger partial charge in [-0.25, -0.2) is 15.0 Å². The molecule has 0 unspecified atom stereocenters. The van der Waals surface area contributed by atoms with Crippen molar-refractivity contribution in [1.29, 1.82) is 0 Å². The molecular formula is C42H27N5. The van der Waals surface area contributed by atoms with Gasteiger partial charge in [-0.1, -0.05) is 66.7 Å². The van der Waals surface area contributed by atoms with Crippen LogP contribution in [-0.2, 0) is 0 Å². The molecule has 5 heterocycles. The van der Waals surface area contributed by atoms with Gasteiger partial charge in [0, 0.05) is 45.1 Å². The fourth-order valence-corrected chi connectivity index (χ4v) is 7.50. The molecule has 5 nitrogen and oxygen atoms in total. The number of rotatable bonds is 3. The van der Waals surface area contributed by atoms with E-state index in [1.54, 1.807) is 0 Å². The van der Waals surface area contributed by atoms with E-state index in [9.17, 15) is 0 Å². The Balaban J connectivity index is 1.26. The van der Waals surface area contributed by atoms with Crippen LogP contribution in [0.5, 0.6) is 0 Å². The summed E-state index contributed by atoms with van der Waals surface area (Å²) in [5.74, 6) is 0.859. The van der Waals surface area contributed by atoms with Crippen LogP contribution in [0.15, 0.2) is 140 Å². The lowest BCUT2D eigenvalue weighted by Crippen LogP contribution is -1.97. The molecule has 10 rings (SSSR count). The van der Waals surface area contributed by atoms with E-state index >= 15 is 0 Å². The van der Waals surface area contributed by atoms with E-state index in [1.807, 2.05) is 43.6 Å². The van der Waals surface area contributed by atoms with Crippen LogP contribution in [0.1, 0.15) is 5.69 Å². The molecule has 0 spiro atoms. The van der Waals surface area contributed by atoms with Crippen LogP contribution < -0.4 is 0 Å². The number of benzene rings is 5. The first kappa shape index (κ1) is 25.9. The maximum Gasteiger partial charge on any atom is 0.146 e. The molecule has 0 saturated carbocycles. The molecule has 0 aliphatic carbocycles. The fourth-order valence-electron chi connectivity index (χ4n) is 7.50. The lowest BCUT2D eigenvalue weighted by Gasteiger charge is -2.18. The average Bonchev–Trinajstić information content (AvgIpc) is 3.65. The Hall–Kier alpha value is -6.33. The first-order valence-corrected chi connectivity index (χ1v) is 15.9. The molecule has 5 heteroatoms. The Kier molecular flexibility index (Phi) is 5.43. The van der Waals surface area contributed by atoms with Gasteiger partial charge in [0.2, 0.25) is 0 Å². The Morgan fingerprint density at radius 2 is 1.15 bits per heavy atom. The molecule has 0 amide bonds. The normalized spacial score (nSPS) is 11.9. The number of aromatic nitrogens is 5. The van der Waals surface area contributed by atoms with Crippen LogP contribution in [-0.4, -0.2) is 24.5 Å². The highest BCUT2D eigenvalue weighted by Gasteiger charge is 2.20. The highest BCUT2D eigenvalue weighted by molar-refractivity contribution is 6.23. The van der Waals surface area contributed by atoms with Crippen molar-refractivity contribution in [2.75, 3.05) is 0 Å². The van der Waals surface area contributed by atoms with Crippen LogP contribution in [0.25, 0.3) is 93.5 Å².